The van der Waals surface area contributed by atoms with Gasteiger partial charge in [-0.1, -0.05) is 33.8 Å². The average Bonchev–Trinajstić information content (AvgIpc) is 2.69. The maximum absolute atomic E-state index is 5.82. The van der Waals surface area contributed by atoms with E-state index in [1.54, 1.807) is 0 Å². The molecule has 98 valence electrons. The number of rotatable bonds is 5. The molecule has 0 amide bonds. The summed E-state index contributed by atoms with van der Waals surface area (Å²) in [7, 11) is 0. The number of benzene rings is 1. The molecule has 0 saturated heterocycles. The zero-order valence-electron chi connectivity index (χ0n) is 11.8. The van der Waals surface area contributed by atoms with Gasteiger partial charge in [0.05, 0.1) is 6.54 Å². The van der Waals surface area contributed by atoms with Crippen molar-refractivity contribution < 1.29 is 4.42 Å². The summed E-state index contributed by atoms with van der Waals surface area (Å²) >= 11 is 0. The first-order chi connectivity index (χ1) is 8.56. The molecule has 0 saturated carbocycles. The Labute approximate surface area is 109 Å². The largest absolute Gasteiger partial charge is 0.460 e. The van der Waals surface area contributed by atoms with E-state index in [0.717, 1.165) is 24.4 Å². The Morgan fingerprint density at radius 2 is 1.89 bits per heavy atom. The Morgan fingerprint density at radius 1 is 1.11 bits per heavy atom. The summed E-state index contributed by atoms with van der Waals surface area (Å²) in [6, 6.07) is 8.61. The highest BCUT2D eigenvalue weighted by Gasteiger charge is 2.06. The van der Waals surface area contributed by atoms with Crippen LogP contribution in [0.25, 0.3) is 11.0 Å². The lowest BCUT2D eigenvalue weighted by Gasteiger charge is -2.04. The van der Waals surface area contributed by atoms with Crippen LogP contribution >= 0.6 is 0 Å². The van der Waals surface area contributed by atoms with Gasteiger partial charge in [-0.15, -0.1) is 0 Å². The summed E-state index contributed by atoms with van der Waals surface area (Å²) in [6.45, 7) is 10.7. The molecule has 0 fully saturated rings. The first-order valence-electron chi connectivity index (χ1n) is 6.79. The van der Waals surface area contributed by atoms with Gasteiger partial charge >= 0.3 is 0 Å². The summed E-state index contributed by atoms with van der Waals surface area (Å²) in [5.41, 5.74) is 2.35. The number of hydrogen-bond acceptors (Lipinski definition) is 2. The zero-order chi connectivity index (χ0) is 13.1. The SMILES string of the molecule is CC(C)CNCc1cc2cc(C(C)C)ccc2o1. The molecule has 0 unspecified atom stereocenters. The van der Waals surface area contributed by atoms with Crippen molar-refractivity contribution in [2.45, 2.75) is 40.2 Å². The predicted molar refractivity (Wildman–Crippen MR) is 76.8 cm³/mol. The van der Waals surface area contributed by atoms with E-state index in [-0.39, 0.29) is 0 Å². The van der Waals surface area contributed by atoms with Crippen LogP contribution in [0.1, 0.15) is 44.9 Å². The van der Waals surface area contributed by atoms with Gasteiger partial charge in [-0.05, 0) is 42.1 Å². The van der Waals surface area contributed by atoms with Crippen LogP contribution < -0.4 is 5.32 Å². The summed E-state index contributed by atoms with van der Waals surface area (Å²) in [5.74, 6) is 2.25. The Morgan fingerprint density at radius 3 is 2.56 bits per heavy atom. The lowest BCUT2D eigenvalue weighted by molar-refractivity contribution is 0.485. The molecule has 0 spiro atoms. The molecule has 0 radical (unpaired) electrons. The van der Waals surface area contributed by atoms with E-state index < -0.39 is 0 Å². The number of nitrogens with one attached hydrogen (secondary N) is 1. The van der Waals surface area contributed by atoms with Gasteiger partial charge in [-0.25, -0.2) is 0 Å². The van der Waals surface area contributed by atoms with Crippen molar-refractivity contribution in [2.75, 3.05) is 6.54 Å². The van der Waals surface area contributed by atoms with Crippen LogP contribution in [-0.4, -0.2) is 6.54 Å². The van der Waals surface area contributed by atoms with Crippen LogP contribution in [0.5, 0.6) is 0 Å². The second-order valence-electron chi connectivity index (χ2n) is 5.69. The highest BCUT2D eigenvalue weighted by atomic mass is 16.3. The van der Waals surface area contributed by atoms with Crippen LogP contribution in [0.15, 0.2) is 28.7 Å². The molecule has 0 atom stereocenters. The lowest BCUT2D eigenvalue weighted by atomic mass is 10.0. The molecule has 1 heterocycles. The Bertz CT molecular complexity index is 511. The molecule has 1 N–H and O–H groups in total. The normalized spacial score (nSPS) is 11.9. The maximum atomic E-state index is 5.82. The fraction of sp³-hybridized carbons (Fsp3) is 0.500. The standard InChI is InChI=1S/C16H23NO/c1-11(2)9-17-10-15-8-14-7-13(12(3)4)5-6-16(14)18-15/h5-8,11-12,17H,9-10H2,1-4H3. The molecule has 0 aliphatic heterocycles. The van der Waals surface area contributed by atoms with Gasteiger partial charge in [-0.3, -0.25) is 0 Å². The summed E-state index contributed by atoms with van der Waals surface area (Å²) < 4.78 is 5.82. The van der Waals surface area contributed by atoms with Gasteiger partial charge in [0.25, 0.3) is 0 Å². The van der Waals surface area contributed by atoms with Crippen molar-refractivity contribution in [1.82, 2.24) is 5.32 Å². The third-order valence-corrected chi connectivity index (χ3v) is 3.11. The van der Waals surface area contributed by atoms with Crippen molar-refractivity contribution in [3.8, 4) is 0 Å². The van der Waals surface area contributed by atoms with Crippen molar-refractivity contribution >= 4 is 11.0 Å². The second-order valence-corrected chi connectivity index (χ2v) is 5.69. The molecular weight excluding hydrogens is 222 g/mol. The summed E-state index contributed by atoms with van der Waals surface area (Å²) in [5, 5.41) is 4.62. The number of fused-ring (bicyclic) bond motifs is 1. The van der Waals surface area contributed by atoms with Crippen LogP contribution in [-0.2, 0) is 6.54 Å². The van der Waals surface area contributed by atoms with Gasteiger partial charge in [-0.2, -0.15) is 0 Å². The summed E-state index contributed by atoms with van der Waals surface area (Å²) in [4.78, 5) is 0. The Balaban J connectivity index is 2.12. The molecule has 2 nitrogen and oxygen atoms in total. The molecule has 1 aromatic carbocycles. The quantitative estimate of drug-likeness (QED) is 0.849. The first kappa shape index (κ1) is 13.2. The van der Waals surface area contributed by atoms with E-state index in [0.29, 0.717) is 11.8 Å². The van der Waals surface area contributed by atoms with Gasteiger partial charge in [0.2, 0.25) is 0 Å². The molecule has 0 bridgehead atoms. The van der Waals surface area contributed by atoms with E-state index in [4.69, 9.17) is 4.42 Å². The van der Waals surface area contributed by atoms with Crippen molar-refractivity contribution in [1.29, 1.82) is 0 Å². The molecule has 1 aromatic heterocycles. The summed E-state index contributed by atoms with van der Waals surface area (Å²) in [6.07, 6.45) is 0. The topological polar surface area (TPSA) is 25.2 Å². The van der Waals surface area contributed by atoms with Gasteiger partial charge < -0.3 is 9.73 Å². The molecule has 18 heavy (non-hydrogen) atoms. The minimum absolute atomic E-state index is 0.562. The fourth-order valence-corrected chi connectivity index (χ4v) is 2.05. The van der Waals surface area contributed by atoms with E-state index in [2.05, 4.69) is 57.3 Å². The third kappa shape index (κ3) is 3.14. The highest BCUT2D eigenvalue weighted by Crippen LogP contribution is 2.24. The van der Waals surface area contributed by atoms with Crippen LogP contribution in [0.2, 0.25) is 0 Å². The minimum atomic E-state index is 0.562. The highest BCUT2D eigenvalue weighted by molar-refractivity contribution is 5.78. The minimum Gasteiger partial charge on any atom is -0.460 e. The fourth-order valence-electron chi connectivity index (χ4n) is 2.05. The van der Waals surface area contributed by atoms with Crippen LogP contribution in [0.3, 0.4) is 0 Å². The van der Waals surface area contributed by atoms with Crippen molar-refractivity contribution in [2.24, 2.45) is 5.92 Å². The smallest absolute Gasteiger partial charge is 0.134 e. The van der Waals surface area contributed by atoms with Gasteiger partial charge in [0, 0.05) is 5.39 Å². The lowest BCUT2D eigenvalue weighted by Crippen LogP contribution is -2.18. The van der Waals surface area contributed by atoms with Gasteiger partial charge in [0.1, 0.15) is 11.3 Å². The monoisotopic (exact) mass is 245 g/mol. The van der Waals surface area contributed by atoms with Gasteiger partial charge in [0.15, 0.2) is 0 Å². The second kappa shape index (κ2) is 5.57. The molecular formula is C16H23NO. The Kier molecular flexibility index (Phi) is 4.07. The number of hydrogen-bond donors (Lipinski definition) is 1. The van der Waals surface area contributed by atoms with E-state index in [1.165, 1.54) is 10.9 Å². The van der Waals surface area contributed by atoms with E-state index >= 15 is 0 Å². The molecule has 0 aliphatic carbocycles. The maximum Gasteiger partial charge on any atom is 0.134 e. The van der Waals surface area contributed by atoms with E-state index in [9.17, 15) is 0 Å². The van der Waals surface area contributed by atoms with Crippen molar-refractivity contribution in [3.63, 3.8) is 0 Å². The molecule has 2 heteroatoms. The molecule has 2 rings (SSSR count). The number of furan rings is 1. The molecule has 2 aromatic rings. The van der Waals surface area contributed by atoms with Crippen molar-refractivity contribution in [3.05, 3.63) is 35.6 Å². The van der Waals surface area contributed by atoms with E-state index in [1.807, 2.05) is 0 Å². The third-order valence-electron chi connectivity index (χ3n) is 3.11. The van der Waals surface area contributed by atoms with Crippen LogP contribution in [0.4, 0.5) is 0 Å². The predicted octanol–water partition coefficient (Wildman–Crippen LogP) is 4.30. The zero-order valence-corrected chi connectivity index (χ0v) is 11.8. The first-order valence-corrected chi connectivity index (χ1v) is 6.79. The molecule has 0 aliphatic rings. The van der Waals surface area contributed by atoms with Crippen LogP contribution in [0, 0.1) is 5.92 Å². The Hall–Kier alpha value is -1.28. The average molecular weight is 245 g/mol.